The van der Waals surface area contributed by atoms with Gasteiger partial charge in [-0.1, -0.05) is 35.9 Å². The van der Waals surface area contributed by atoms with Gasteiger partial charge in [0.25, 0.3) is 5.69 Å². The van der Waals surface area contributed by atoms with Gasteiger partial charge in [-0.05, 0) is 23.8 Å². The van der Waals surface area contributed by atoms with Crippen molar-refractivity contribution in [3.05, 3.63) is 69.2 Å². The number of nitro benzene ring substituents is 1. The van der Waals surface area contributed by atoms with Crippen molar-refractivity contribution in [3.8, 4) is 0 Å². The summed E-state index contributed by atoms with van der Waals surface area (Å²) in [6.45, 7) is 3.44. The van der Waals surface area contributed by atoms with Crippen molar-refractivity contribution < 1.29 is 9.72 Å². The van der Waals surface area contributed by atoms with E-state index in [4.69, 9.17) is 11.6 Å². The van der Waals surface area contributed by atoms with Crippen molar-refractivity contribution in [2.45, 2.75) is 6.54 Å². The average Bonchev–Trinajstić information content (AvgIpc) is 2.68. The molecule has 0 unspecified atom stereocenters. The van der Waals surface area contributed by atoms with E-state index in [2.05, 4.69) is 10.2 Å². The summed E-state index contributed by atoms with van der Waals surface area (Å²) < 4.78 is 0. The number of nitro groups is 1. The average molecular weight is 389 g/mol. The maximum absolute atomic E-state index is 12.2. The fourth-order valence-electron chi connectivity index (χ4n) is 3.09. The molecule has 3 rings (SSSR count). The van der Waals surface area contributed by atoms with Crippen molar-refractivity contribution >= 4 is 28.9 Å². The first-order valence-electron chi connectivity index (χ1n) is 8.75. The van der Waals surface area contributed by atoms with Crippen molar-refractivity contribution in [1.82, 2.24) is 10.2 Å². The molecule has 0 bridgehead atoms. The minimum absolute atomic E-state index is 0.0379. The van der Waals surface area contributed by atoms with E-state index in [9.17, 15) is 14.9 Å². The fourth-order valence-corrected chi connectivity index (χ4v) is 3.22. The largest absolute Gasteiger partial charge is 0.363 e. The Balaban J connectivity index is 1.47. The Morgan fingerprint density at radius 1 is 1.07 bits per heavy atom. The number of rotatable bonds is 6. The van der Waals surface area contributed by atoms with Gasteiger partial charge >= 0.3 is 0 Å². The van der Waals surface area contributed by atoms with Gasteiger partial charge in [0, 0.05) is 43.8 Å². The smallest absolute Gasteiger partial charge is 0.292 e. The molecule has 0 aromatic heterocycles. The van der Waals surface area contributed by atoms with Crippen LogP contribution >= 0.6 is 11.6 Å². The molecule has 0 saturated carbocycles. The summed E-state index contributed by atoms with van der Waals surface area (Å²) in [4.78, 5) is 27.1. The highest BCUT2D eigenvalue weighted by Gasteiger charge is 2.24. The monoisotopic (exact) mass is 388 g/mol. The lowest BCUT2D eigenvalue weighted by molar-refractivity contribution is -0.384. The Hall–Kier alpha value is -2.64. The number of nitrogens with zero attached hydrogens (tertiary/aromatic N) is 3. The molecule has 0 aliphatic carbocycles. The van der Waals surface area contributed by atoms with Crippen LogP contribution in [0.2, 0.25) is 5.02 Å². The second-order valence-electron chi connectivity index (χ2n) is 6.41. The van der Waals surface area contributed by atoms with Crippen molar-refractivity contribution in [3.63, 3.8) is 0 Å². The van der Waals surface area contributed by atoms with E-state index in [0.717, 1.165) is 5.56 Å². The minimum Gasteiger partial charge on any atom is -0.363 e. The minimum atomic E-state index is -0.355. The number of piperazine rings is 1. The normalized spacial score (nSPS) is 14.8. The van der Waals surface area contributed by atoms with E-state index >= 15 is 0 Å². The predicted molar refractivity (Wildman–Crippen MR) is 105 cm³/mol. The van der Waals surface area contributed by atoms with Gasteiger partial charge < -0.3 is 10.2 Å². The van der Waals surface area contributed by atoms with Gasteiger partial charge in [-0.3, -0.25) is 19.8 Å². The summed E-state index contributed by atoms with van der Waals surface area (Å²) >= 11 is 5.85. The number of hydrogen-bond donors (Lipinski definition) is 1. The lowest BCUT2D eigenvalue weighted by atomic mass is 10.2. The van der Waals surface area contributed by atoms with Crippen molar-refractivity contribution in [2.75, 3.05) is 37.6 Å². The van der Waals surface area contributed by atoms with Crippen LogP contribution in [0.5, 0.6) is 0 Å². The Kier molecular flexibility index (Phi) is 6.26. The first kappa shape index (κ1) is 19.1. The topological polar surface area (TPSA) is 78.7 Å². The van der Waals surface area contributed by atoms with Gasteiger partial charge in [-0.2, -0.15) is 0 Å². The summed E-state index contributed by atoms with van der Waals surface area (Å²) in [5, 5.41) is 14.8. The van der Waals surface area contributed by atoms with Gasteiger partial charge in [0.1, 0.15) is 5.69 Å². The maximum atomic E-state index is 12.2. The molecule has 1 aliphatic heterocycles. The zero-order valence-electron chi connectivity index (χ0n) is 14.8. The molecule has 142 valence electrons. The fraction of sp³-hybridized carbons (Fsp3) is 0.316. The third-order valence-corrected chi connectivity index (χ3v) is 4.81. The van der Waals surface area contributed by atoms with Gasteiger partial charge in [0.2, 0.25) is 5.91 Å². The number of anilines is 1. The Morgan fingerprint density at radius 3 is 2.41 bits per heavy atom. The molecule has 1 amide bonds. The van der Waals surface area contributed by atoms with Crippen LogP contribution in [0.1, 0.15) is 5.56 Å². The molecular weight excluding hydrogens is 368 g/mol. The number of hydrogen-bond acceptors (Lipinski definition) is 5. The van der Waals surface area contributed by atoms with E-state index < -0.39 is 0 Å². The third kappa shape index (κ3) is 5.18. The Labute approximate surface area is 162 Å². The molecule has 2 aromatic rings. The number of amides is 1. The highest BCUT2D eigenvalue weighted by atomic mass is 35.5. The summed E-state index contributed by atoms with van der Waals surface area (Å²) in [6, 6.07) is 14.1. The molecule has 1 fully saturated rings. The number of carbonyl (C=O) groups excluding carboxylic acids is 1. The van der Waals surface area contributed by atoms with Crippen LogP contribution in [0, 0.1) is 10.1 Å². The van der Waals surface area contributed by atoms with E-state index in [1.807, 2.05) is 17.0 Å². The van der Waals surface area contributed by atoms with E-state index in [0.29, 0.717) is 50.0 Å². The van der Waals surface area contributed by atoms with Crippen LogP contribution < -0.4 is 10.2 Å². The molecule has 7 nitrogen and oxygen atoms in total. The Morgan fingerprint density at radius 2 is 1.74 bits per heavy atom. The molecule has 27 heavy (non-hydrogen) atoms. The third-order valence-electron chi connectivity index (χ3n) is 4.56. The van der Waals surface area contributed by atoms with Crippen molar-refractivity contribution in [1.29, 1.82) is 0 Å². The highest BCUT2D eigenvalue weighted by molar-refractivity contribution is 6.30. The molecule has 0 spiro atoms. The van der Waals surface area contributed by atoms with E-state index in [1.165, 1.54) is 6.07 Å². The number of halogens is 1. The van der Waals surface area contributed by atoms with Gasteiger partial charge in [-0.25, -0.2) is 0 Å². The second kappa shape index (κ2) is 8.83. The summed E-state index contributed by atoms with van der Waals surface area (Å²) in [7, 11) is 0. The highest BCUT2D eigenvalue weighted by Crippen LogP contribution is 2.28. The molecule has 2 aromatic carbocycles. The second-order valence-corrected chi connectivity index (χ2v) is 6.85. The lowest BCUT2D eigenvalue weighted by Crippen LogP contribution is -2.49. The van der Waals surface area contributed by atoms with E-state index in [1.54, 1.807) is 30.3 Å². The molecular formula is C19H21ClN4O3. The van der Waals surface area contributed by atoms with Crippen LogP contribution in [-0.2, 0) is 11.3 Å². The van der Waals surface area contributed by atoms with Gasteiger partial charge in [0.15, 0.2) is 0 Å². The SMILES string of the molecule is O=C(CN1CCN(c2ccccc2[N+](=O)[O-])CC1)NCc1ccc(Cl)cc1. The van der Waals surface area contributed by atoms with Gasteiger partial charge in [-0.15, -0.1) is 0 Å². The quantitative estimate of drug-likeness (QED) is 0.608. The van der Waals surface area contributed by atoms with E-state index in [-0.39, 0.29) is 16.5 Å². The van der Waals surface area contributed by atoms with Crippen LogP contribution in [0.15, 0.2) is 48.5 Å². The summed E-state index contributed by atoms with van der Waals surface area (Å²) in [5.41, 5.74) is 1.75. The Bertz CT molecular complexity index is 805. The molecule has 1 N–H and O–H groups in total. The van der Waals surface area contributed by atoms with Gasteiger partial charge in [0.05, 0.1) is 11.5 Å². The molecule has 1 saturated heterocycles. The number of para-hydroxylation sites is 2. The van der Waals surface area contributed by atoms with Crippen LogP contribution in [-0.4, -0.2) is 48.5 Å². The zero-order chi connectivity index (χ0) is 19.2. The first-order chi connectivity index (χ1) is 13.0. The molecule has 0 atom stereocenters. The molecule has 8 heteroatoms. The predicted octanol–water partition coefficient (Wildman–Crippen LogP) is 2.69. The first-order valence-corrected chi connectivity index (χ1v) is 9.12. The number of carbonyl (C=O) groups is 1. The van der Waals surface area contributed by atoms with Crippen LogP contribution in [0.3, 0.4) is 0 Å². The van der Waals surface area contributed by atoms with Crippen LogP contribution in [0.25, 0.3) is 0 Å². The lowest BCUT2D eigenvalue weighted by Gasteiger charge is -2.35. The molecule has 0 radical (unpaired) electrons. The maximum Gasteiger partial charge on any atom is 0.292 e. The number of nitrogens with one attached hydrogen (secondary N) is 1. The summed E-state index contributed by atoms with van der Waals surface area (Å²) in [6.07, 6.45) is 0. The summed E-state index contributed by atoms with van der Waals surface area (Å²) in [5.74, 6) is -0.0379. The zero-order valence-corrected chi connectivity index (χ0v) is 15.6. The van der Waals surface area contributed by atoms with Crippen LogP contribution in [0.4, 0.5) is 11.4 Å². The molecule has 1 heterocycles. The standard InChI is InChI=1S/C19H21ClN4O3/c20-16-7-5-15(6-8-16)13-21-19(25)14-22-9-11-23(12-10-22)17-3-1-2-4-18(17)24(26)27/h1-8H,9-14H2,(H,21,25). The van der Waals surface area contributed by atoms with Crippen molar-refractivity contribution in [2.24, 2.45) is 0 Å². The number of benzene rings is 2. The molecule has 1 aliphatic rings.